The van der Waals surface area contributed by atoms with Gasteiger partial charge in [-0.2, -0.15) is 0 Å². The van der Waals surface area contributed by atoms with Gasteiger partial charge in [-0.15, -0.1) is 0 Å². The molecule has 0 aliphatic rings. The molecule has 0 aromatic rings. The van der Waals surface area contributed by atoms with E-state index in [1.165, 1.54) is 51.4 Å². The van der Waals surface area contributed by atoms with Crippen LogP contribution in [0.1, 0.15) is 91.9 Å². The zero-order valence-corrected chi connectivity index (χ0v) is 13.1. The molecule has 0 heterocycles. The van der Waals surface area contributed by atoms with Crippen molar-refractivity contribution in [2.45, 2.75) is 91.9 Å². The van der Waals surface area contributed by atoms with E-state index in [0.29, 0.717) is 5.78 Å². The smallest absolute Gasteiger partial charge is 0.129 e. The molecule has 0 aliphatic heterocycles. The van der Waals surface area contributed by atoms with Crippen LogP contribution in [0.3, 0.4) is 0 Å². The molecule has 0 spiro atoms. The summed E-state index contributed by atoms with van der Waals surface area (Å²) in [6.45, 7) is 8.69. The van der Waals surface area contributed by atoms with Crippen molar-refractivity contribution in [1.29, 1.82) is 0 Å². The molecule has 0 aliphatic carbocycles. The quantitative estimate of drug-likeness (QED) is 0.404. The fourth-order valence-electron chi connectivity index (χ4n) is 2.64. The third-order valence-corrected chi connectivity index (χ3v) is 3.90. The fourth-order valence-corrected chi connectivity index (χ4v) is 2.64. The molecule has 1 nitrogen and oxygen atoms in total. The van der Waals surface area contributed by atoms with Crippen molar-refractivity contribution < 1.29 is 4.79 Å². The number of Topliss-reactive ketones (excluding diaryl/α,β-unsaturated/α-hetero) is 1. The minimum absolute atomic E-state index is 0.340. The minimum atomic E-state index is 0.340. The largest absolute Gasteiger partial charge is 0.300 e. The Morgan fingerprint density at radius 1 is 0.833 bits per heavy atom. The molecule has 0 radical (unpaired) electrons. The van der Waals surface area contributed by atoms with E-state index in [4.69, 9.17) is 0 Å². The van der Waals surface area contributed by atoms with Gasteiger partial charge in [0, 0.05) is 6.42 Å². The summed E-state index contributed by atoms with van der Waals surface area (Å²) in [5, 5.41) is 0. The van der Waals surface area contributed by atoms with Gasteiger partial charge in [0.25, 0.3) is 0 Å². The molecule has 0 aromatic heterocycles. The van der Waals surface area contributed by atoms with Gasteiger partial charge in [0.15, 0.2) is 0 Å². The van der Waals surface area contributed by atoms with Gasteiger partial charge < -0.3 is 4.79 Å². The zero-order chi connectivity index (χ0) is 13.8. The lowest BCUT2D eigenvalue weighted by Crippen LogP contribution is -1.98. The maximum Gasteiger partial charge on any atom is 0.129 e. The third-order valence-electron chi connectivity index (χ3n) is 3.90. The topological polar surface area (TPSA) is 17.1 Å². The van der Waals surface area contributed by atoms with E-state index in [0.717, 1.165) is 24.7 Å². The van der Waals surface area contributed by atoms with E-state index >= 15 is 0 Å². The van der Waals surface area contributed by atoms with Crippen molar-refractivity contribution in [1.82, 2.24) is 0 Å². The van der Waals surface area contributed by atoms with Crippen molar-refractivity contribution in [3.63, 3.8) is 0 Å². The molecule has 108 valence electrons. The normalized spacial score (nSPS) is 14.4. The number of rotatable bonds is 12. The van der Waals surface area contributed by atoms with Crippen LogP contribution in [-0.4, -0.2) is 5.78 Å². The highest BCUT2D eigenvalue weighted by Gasteiger charge is 2.04. The number of carbonyl (C=O) groups excluding carboxylic acids is 1. The van der Waals surface area contributed by atoms with Crippen LogP contribution in [0.5, 0.6) is 0 Å². The second-order valence-corrected chi connectivity index (χ2v) is 6.23. The molecular weight excluding hydrogens is 220 g/mol. The molecule has 2 atom stereocenters. The summed E-state index contributed by atoms with van der Waals surface area (Å²) in [6, 6.07) is 0. The SMILES string of the molecule is CCCC(C)CCCCCC(C)CCCC(C)=O. The first-order valence-electron chi connectivity index (χ1n) is 8.05. The Labute approximate surface area is 115 Å². The van der Waals surface area contributed by atoms with E-state index < -0.39 is 0 Å². The number of unbranched alkanes of at least 4 members (excludes halogenated alkanes) is 2. The van der Waals surface area contributed by atoms with Crippen LogP contribution in [0, 0.1) is 11.8 Å². The van der Waals surface area contributed by atoms with Crippen molar-refractivity contribution in [3.8, 4) is 0 Å². The molecule has 0 saturated heterocycles. The molecule has 0 aromatic carbocycles. The fraction of sp³-hybridized carbons (Fsp3) is 0.941. The van der Waals surface area contributed by atoms with Crippen molar-refractivity contribution in [2.24, 2.45) is 11.8 Å². The van der Waals surface area contributed by atoms with Crippen LogP contribution >= 0.6 is 0 Å². The first kappa shape index (κ1) is 17.7. The summed E-state index contributed by atoms with van der Waals surface area (Å²) in [4.78, 5) is 10.8. The number of carbonyl (C=O) groups is 1. The molecule has 0 saturated carbocycles. The Balaban J connectivity index is 3.29. The van der Waals surface area contributed by atoms with E-state index in [2.05, 4.69) is 20.8 Å². The molecule has 1 heteroatoms. The average Bonchev–Trinajstić information content (AvgIpc) is 2.28. The van der Waals surface area contributed by atoms with E-state index in [-0.39, 0.29) is 0 Å². The highest BCUT2D eigenvalue weighted by atomic mass is 16.1. The number of hydrogen-bond acceptors (Lipinski definition) is 1. The zero-order valence-electron chi connectivity index (χ0n) is 13.1. The molecule has 0 fully saturated rings. The van der Waals surface area contributed by atoms with Crippen LogP contribution in [0.2, 0.25) is 0 Å². The molecular formula is C17H34O. The predicted molar refractivity (Wildman–Crippen MR) is 80.9 cm³/mol. The lowest BCUT2D eigenvalue weighted by Gasteiger charge is -2.12. The van der Waals surface area contributed by atoms with Crippen LogP contribution in [-0.2, 0) is 4.79 Å². The van der Waals surface area contributed by atoms with Crippen molar-refractivity contribution >= 4 is 5.78 Å². The Morgan fingerprint density at radius 3 is 1.83 bits per heavy atom. The Morgan fingerprint density at radius 2 is 1.33 bits per heavy atom. The first-order valence-corrected chi connectivity index (χ1v) is 8.05. The predicted octanol–water partition coefficient (Wildman–Crippen LogP) is 5.77. The van der Waals surface area contributed by atoms with Gasteiger partial charge in [0.1, 0.15) is 5.78 Å². The van der Waals surface area contributed by atoms with Crippen LogP contribution in [0.15, 0.2) is 0 Å². The Kier molecular flexibility index (Phi) is 11.5. The maximum atomic E-state index is 10.8. The molecule has 2 unspecified atom stereocenters. The second kappa shape index (κ2) is 11.7. The Hall–Kier alpha value is -0.330. The Bertz CT molecular complexity index is 198. The van der Waals surface area contributed by atoms with Gasteiger partial charge in [-0.3, -0.25) is 0 Å². The standard InChI is InChI=1S/C17H34O/c1-5-10-15(2)11-7-6-8-12-16(3)13-9-14-17(4)18/h15-16H,5-14H2,1-4H3. The van der Waals surface area contributed by atoms with Crippen LogP contribution in [0.4, 0.5) is 0 Å². The first-order chi connectivity index (χ1) is 8.56. The third kappa shape index (κ3) is 12.1. The lowest BCUT2D eigenvalue weighted by molar-refractivity contribution is -0.117. The van der Waals surface area contributed by atoms with E-state index in [1.54, 1.807) is 6.92 Å². The highest BCUT2D eigenvalue weighted by Crippen LogP contribution is 2.19. The monoisotopic (exact) mass is 254 g/mol. The summed E-state index contributed by atoms with van der Waals surface area (Å²) in [5.41, 5.74) is 0. The lowest BCUT2D eigenvalue weighted by atomic mass is 9.94. The van der Waals surface area contributed by atoms with Gasteiger partial charge >= 0.3 is 0 Å². The summed E-state index contributed by atoms with van der Waals surface area (Å²) >= 11 is 0. The molecule has 0 N–H and O–H groups in total. The molecule has 18 heavy (non-hydrogen) atoms. The summed E-state index contributed by atoms with van der Waals surface area (Å²) < 4.78 is 0. The van der Waals surface area contributed by atoms with Gasteiger partial charge in [-0.25, -0.2) is 0 Å². The van der Waals surface area contributed by atoms with Gasteiger partial charge in [-0.05, 0) is 25.2 Å². The van der Waals surface area contributed by atoms with Gasteiger partial charge in [-0.1, -0.05) is 72.1 Å². The van der Waals surface area contributed by atoms with Gasteiger partial charge in [0.2, 0.25) is 0 Å². The number of ketones is 1. The maximum absolute atomic E-state index is 10.8. The highest BCUT2D eigenvalue weighted by molar-refractivity contribution is 5.75. The number of hydrogen-bond donors (Lipinski definition) is 0. The summed E-state index contributed by atoms with van der Waals surface area (Å²) in [6.07, 6.45) is 12.7. The summed E-state index contributed by atoms with van der Waals surface area (Å²) in [7, 11) is 0. The second-order valence-electron chi connectivity index (χ2n) is 6.23. The van der Waals surface area contributed by atoms with E-state index in [9.17, 15) is 4.79 Å². The van der Waals surface area contributed by atoms with Crippen molar-refractivity contribution in [3.05, 3.63) is 0 Å². The molecule has 0 amide bonds. The summed E-state index contributed by atoms with van der Waals surface area (Å²) in [5.74, 6) is 2.06. The van der Waals surface area contributed by atoms with Gasteiger partial charge in [0.05, 0.1) is 0 Å². The minimum Gasteiger partial charge on any atom is -0.300 e. The molecule has 0 rings (SSSR count). The van der Waals surface area contributed by atoms with E-state index in [1.807, 2.05) is 0 Å². The van der Waals surface area contributed by atoms with Crippen LogP contribution in [0.25, 0.3) is 0 Å². The van der Waals surface area contributed by atoms with Crippen LogP contribution < -0.4 is 0 Å². The van der Waals surface area contributed by atoms with Crippen molar-refractivity contribution in [2.75, 3.05) is 0 Å². The molecule has 0 bridgehead atoms. The average molecular weight is 254 g/mol.